The Morgan fingerprint density at radius 3 is 2.62 bits per heavy atom. The van der Waals surface area contributed by atoms with Crippen molar-refractivity contribution < 1.29 is 0 Å². The molecular formula is C13H26N2S. The van der Waals surface area contributed by atoms with Crippen LogP contribution >= 0.6 is 11.8 Å². The third-order valence-electron chi connectivity index (χ3n) is 3.93. The smallest absolute Gasteiger partial charge is 0.00178 e. The molecule has 0 aromatic heterocycles. The third-order valence-corrected chi connectivity index (χ3v) is 5.16. The van der Waals surface area contributed by atoms with E-state index in [-0.39, 0.29) is 0 Å². The molecule has 0 bridgehead atoms. The second kappa shape index (κ2) is 6.87. The van der Waals surface area contributed by atoms with Crippen LogP contribution < -0.4 is 5.32 Å². The molecule has 16 heavy (non-hydrogen) atoms. The van der Waals surface area contributed by atoms with Gasteiger partial charge in [-0.25, -0.2) is 0 Å². The van der Waals surface area contributed by atoms with E-state index in [4.69, 9.17) is 0 Å². The summed E-state index contributed by atoms with van der Waals surface area (Å²) in [5, 5.41) is 3.48. The van der Waals surface area contributed by atoms with Crippen molar-refractivity contribution in [2.75, 3.05) is 44.2 Å². The monoisotopic (exact) mass is 242 g/mol. The molecule has 2 heterocycles. The number of thioether (sulfide) groups is 1. The van der Waals surface area contributed by atoms with Gasteiger partial charge in [-0.2, -0.15) is 11.8 Å². The average molecular weight is 242 g/mol. The van der Waals surface area contributed by atoms with Crippen LogP contribution in [0.5, 0.6) is 0 Å². The molecular weight excluding hydrogens is 216 g/mol. The van der Waals surface area contributed by atoms with Crippen LogP contribution in [0.1, 0.15) is 26.2 Å². The fourth-order valence-electron chi connectivity index (χ4n) is 2.81. The van der Waals surface area contributed by atoms with Crippen molar-refractivity contribution in [3.63, 3.8) is 0 Å². The summed E-state index contributed by atoms with van der Waals surface area (Å²) in [4.78, 5) is 2.71. The van der Waals surface area contributed by atoms with Gasteiger partial charge in [-0.3, -0.25) is 0 Å². The highest BCUT2D eigenvalue weighted by Crippen LogP contribution is 2.26. The third kappa shape index (κ3) is 3.94. The van der Waals surface area contributed by atoms with Crippen molar-refractivity contribution in [1.29, 1.82) is 0 Å². The standard InChI is InChI=1S/C13H26N2S/c1-2-14-9-12-3-6-15(7-4-12)10-13-5-8-16-11-13/h12-14H,2-11H2,1H3. The van der Waals surface area contributed by atoms with Gasteiger partial charge in [-0.1, -0.05) is 6.92 Å². The Balaban J connectivity index is 1.60. The number of nitrogens with one attached hydrogen (secondary N) is 1. The van der Waals surface area contributed by atoms with E-state index in [1.54, 1.807) is 0 Å². The number of hydrogen-bond donors (Lipinski definition) is 1. The van der Waals surface area contributed by atoms with Crippen LogP contribution in [0.2, 0.25) is 0 Å². The van der Waals surface area contributed by atoms with Gasteiger partial charge in [-0.15, -0.1) is 0 Å². The first kappa shape index (κ1) is 12.7. The SMILES string of the molecule is CCNCC1CCN(CC2CCSC2)CC1. The van der Waals surface area contributed by atoms with Gasteiger partial charge in [0.1, 0.15) is 0 Å². The van der Waals surface area contributed by atoms with E-state index in [1.165, 1.54) is 56.9 Å². The van der Waals surface area contributed by atoms with Crippen molar-refractivity contribution in [3.05, 3.63) is 0 Å². The van der Waals surface area contributed by atoms with Gasteiger partial charge in [0.2, 0.25) is 0 Å². The van der Waals surface area contributed by atoms with E-state index in [0.717, 1.165) is 18.4 Å². The van der Waals surface area contributed by atoms with E-state index in [2.05, 4.69) is 28.9 Å². The molecule has 2 aliphatic rings. The largest absolute Gasteiger partial charge is 0.317 e. The van der Waals surface area contributed by atoms with Crippen molar-refractivity contribution in [2.45, 2.75) is 26.2 Å². The van der Waals surface area contributed by atoms with Gasteiger partial charge in [0.05, 0.1) is 0 Å². The molecule has 0 aromatic rings. The molecule has 2 aliphatic heterocycles. The zero-order valence-electron chi connectivity index (χ0n) is 10.6. The first-order valence-electron chi connectivity index (χ1n) is 6.89. The molecule has 3 heteroatoms. The number of piperidine rings is 1. The van der Waals surface area contributed by atoms with Gasteiger partial charge in [0.25, 0.3) is 0 Å². The van der Waals surface area contributed by atoms with Crippen LogP contribution in [-0.4, -0.2) is 49.1 Å². The summed E-state index contributed by atoms with van der Waals surface area (Å²) in [5.74, 6) is 4.75. The van der Waals surface area contributed by atoms with Gasteiger partial charge in [-0.05, 0) is 68.8 Å². The molecule has 2 saturated heterocycles. The Morgan fingerprint density at radius 1 is 1.19 bits per heavy atom. The maximum Gasteiger partial charge on any atom is 0.00178 e. The van der Waals surface area contributed by atoms with E-state index in [1.807, 2.05) is 0 Å². The van der Waals surface area contributed by atoms with Gasteiger partial charge in [0.15, 0.2) is 0 Å². The van der Waals surface area contributed by atoms with Gasteiger partial charge < -0.3 is 10.2 Å². The summed E-state index contributed by atoms with van der Waals surface area (Å²) in [6.45, 7) is 8.63. The van der Waals surface area contributed by atoms with Crippen molar-refractivity contribution in [2.24, 2.45) is 11.8 Å². The fraction of sp³-hybridized carbons (Fsp3) is 1.00. The predicted octanol–water partition coefficient (Wildman–Crippen LogP) is 2.06. The Kier molecular flexibility index (Phi) is 5.46. The van der Waals surface area contributed by atoms with Gasteiger partial charge in [0, 0.05) is 6.54 Å². The summed E-state index contributed by atoms with van der Waals surface area (Å²) in [5.41, 5.74) is 0. The Labute approximate surface area is 105 Å². The lowest BCUT2D eigenvalue weighted by Crippen LogP contribution is -2.39. The van der Waals surface area contributed by atoms with Gasteiger partial charge >= 0.3 is 0 Å². The van der Waals surface area contributed by atoms with Crippen LogP contribution in [0.25, 0.3) is 0 Å². The second-order valence-electron chi connectivity index (χ2n) is 5.28. The van der Waals surface area contributed by atoms with E-state index < -0.39 is 0 Å². The minimum absolute atomic E-state index is 0.939. The Bertz CT molecular complexity index is 184. The highest BCUT2D eigenvalue weighted by Gasteiger charge is 2.23. The molecule has 2 rings (SSSR count). The van der Waals surface area contributed by atoms with Crippen LogP contribution in [0.3, 0.4) is 0 Å². The van der Waals surface area contributed by atoms with Crippen LogP contribution in [0, 0.1) is 11.8 Å². The zero-order chi connectivity index (χ0) is 11.2. The first-order valence-corrected chi connectivity index (χ1v) is 8.04. The van der Waals surface area contributed by atoms with Crippen molar-refractivity contribution in [3.8, 4) is 0 Å². The predicted molar refractivity (Wildman–Crippen MR) is 73.1 cm³/mol. The van der Waals surface area contributed by atoms with Crippen LogP contribution in [0.4, 0.5) is 0 Å². The van der Waals surface area contributed by atoms with E-state index in [9.17, 15) is 0 Å². The number of likely N-dealkylation sites (tertiary alicyclic amines) is 1. The molecule has 0 saturated carbocycles. The highest BCUT2D eigenvalue weighted by molar-refractivity contribution is 7.99. The minimum atomic E-state index is 0.939. The normalized spacial score (nSPS) is 28.7. The summed E-state index contributed by atoms with van der Waals surface area (Å²) in [6.07, 6.45) is 4.28. The lowest BCUT2D eigenvalue weighted by atomic mass is 9.96. The summed E-state index contributed by atoms with van der Waals surface area (Å²) in [6, 6.07) is 0. The molecule has 1 atom stereocenters. The maximum absolute atomic E-state index is 3.48. The Hall–Kier alpha value is 0.270. The molecule has 0 aromatic carbocycles. The number of nitrogens with zero attached hydrogens (tertiary/aromatic N) is 1. The molecule has 94 valence electrons. The fourth-order valence-corrected chi connectivity index (χ4v) is 4.09. The molecule has 1 N–H and O–H groups in total. The first-order chi connectivity index (χ1) is 7.88. The maximum atomic E-state index is 3.48. The summed E-state index contributed by atoms with van der Waals surface area (Å²) < 4.78 is 0. The highest BCUT2D eigenvalue weighted by atomic mass is 32.2. The summed E-state index contributed by atoms with van der Waals surface area (Å²) >= 11 is 2.15. The van der Waals surface area contributed by atoms with Crippen LogP contribution in [-0.2, 0) is 0 Å². The summed E-state index contributed by atoms with van der Waals surface area (Å²) in [7, 11) is 0. The molecule has 0 aliphatic carbocycles. The van der Waals surface area contributed by atoms with Crippen molar-refractivity contribution in [1.82, 2.24) is 10.2 Å². The average Bonchev–Trinajstić information content (AvgIpc) is 2.81. The number of hydrogen-bond acceptors (Lipinski definition) is 3. The second-order valence-corrected chi connectivity index (χ2v) is 6.43. The topological polar surface area (TPSA) is 15.3 Å². The molecule has 2 fully saturated rings. The van der Waals surface area contributed by atoms with Crippen molar-refractivity contribution >= 4 is 11.8 Å². The molecule has 1 unspecified atom stereocenters. The minimum Gasteiger partial charge on any atom is -0.317 e. The van der Waals surface area contributed by atoms with Crippen LogP contribution in [0.15, 0.2) is 0 Å². The molecule has 2 nitrogen and oxygen atoms in total. The van der Waals surface area contributed by atoms with E-state index >= 15 is 0 Å². The number of rotatable bonds is 5. The lowest BCUT2D eigenvalue weighted by Gasteiger charge is -2.33. The quantitative estimate of drug-likeness (QED) is 0.794. The zero-order valence-corrected chi connectivity index (χ0v) is 11.4. The lowest BCUT2D eigenvalue weighted by molar-refractivity contribution is 0.164. The molecule has 0 radical (unpaired) electrons. The molecule has 0 spiro atoms. The van der Waals surface area contributed by atoms with E-state index in [0.29, 0.717) is 0 Å². The molecule has 0 amide bonds. The Morgan fingerprint density at radius 2 is 2.00 bits per heavy atom.